The molecule has 1 heterocycles. The minimum Gasteiger partial charge on any atom is -0.381 e. The summed E-state index contributed by atoms with van der Waals surface area (Å²) in [7, 11) is 1.71. The number of amides is 1. The molecule has 0 spiro atoms. The smallest absolute Gasteiger partial charge is 0.243 e. The molecule has 1 aliphatic heterocycles. The van der Waals surface area contributed by atoms with Crippen LogP contribution in [0.15, 0.2) is 24.3 Å². The van der Waals surface area contributed by atoms with Crippen LogP contribution in [0, 0.1) is 16.7 Å². The van der Waals surface area contributed by atoms with Crippen LogP contribution in [0.2, 0.25) is 5.02 Å². The zero-order chi connectivity index (χ0) is 14.6. The summed E-state index contributed by atoms with van der Waals surface area (Å²) in [6.45, 7) is 1.32. The maximum Gasteiger partial charge on any atom is 0.243 e. The second-order valence-electron chi connectivity index (χ2n) is 5.06. The maximum atomic E-state index is 12.6. The minimum atomic E-state index is -0.950. The lowest BCUT2D eigenvalue weighted by molar-refractivity contribution is -0.142. The number of hydrogen-bond donors (Lipinski definition) is 0. The van der Waals surface area contributed by atoms with Crippen LogP contribution in [0.5, 0.6) is 0 Å². The van der Waals surface area contributed by atoms with Crippen molar-refractivity contribution in [2.24, 2.45) is 5.41 Å². The molecule has 1 fully saturated rings. The molecule has 1 amide bonds. The Morgan fingerprint density at radius 2 is 2.10 bits per heavy atom. The van der Waals surface area contributed by atoms with Gasteiger partial charge in [-0.15, -0.1) is 0 Å². The summed E-state index contributed by atoms with van der Waals surface area (Å²) >= 11 is 6.10. The van der Waals surface area contributed by atoms with Crippen LogP contribution in [-0.2, 0) is 16.1 Å². The molecule has 0 unspecified atom stereocenters. The summed E-state index contributed by atoms with van der Waals surface area (Å²) in [5.74, 6) is -0.150. The molecule has 0 radical (unpaired) electrons. The third-order valence-electron chi connectivity index (χ3n) is 3.68. The van der Waals surface area contributed by atoms with Crippen molar-refractivity contribution in [1.29, 1.82) is 5.26 Å². The zero-order valence-electron chi connectivity index (χ0n) is 11.4. The monoisotopic (exact) mass is 292 g/mol. The Hall–Kier alpha value is -1.57. The fourth-order valence-corrected chi connectivity index (χ4v) is 2.61. The fourth-order valence-electron chi connectivity index (χ4n) is 2.41. The van der Waals surface area contributed by atoms with Gasteiger partial charge in [-0.3, -0.25) is 4.79 Å². The number of hydrogen-bond acceptors (Lipinski definition) is 3. The van der Waals surface area contributed by atoms with E-state index in [1.54, 1.807) is 18.0 Å². The number of carbonyl (C=O) groups is 1. The van der Waals surface area contributed by atoms with Gasteiger partial charge in [-0.2, -0.15) is 5.26 Å². The molecular formula is C15H17ClN2O2. The van der Waals surface area contributed by atoms with E-state index >= 15 is 0 Å². The van der Waals surface area contributed by atoms with Crippen molar-refractivity contribution in [2.75, 3.05) is 20.3 Å². The molecule has 0 aromatic heterocycles. The summed E-state index contributed by atoms with van der Waals surface area (Å²) in [5.41, 5.74) is -0.0704. The molecule has 0 atom stereocenters. The summed E-state index contributed by atoms with van der Waals surface area (Å²) in [4.78, 5) is 14.2. The standard InChI is InChI=1S/C15H17ClN2O2/c1-18(10-12-4-2-3-5-13(12)16)14(19)15(11-17)6-8-20-9-7-15/h2-5H,6-10H2,1H3. The fraction of sp³-hybridized carbons (Fsp3) is 0.467. The van der Waals surface area contributed by atoms with Gasteiger partial charge in [0, 0.05) is 31.8 Å². The molecule has 106 valence electrons. The van der Waals surface area contributed by atoms with E-state index in [-0.39, 0.29) is 5.91 Å². The topological polar surface area (TPSA) is 53.3 Å². The van der Waals surface area contributed by atoms with Gasteiger partial charge in [0.25, 0.3) is 0 Å². The van der Waals surface area contributed by atoms with E-state index in [4.69, 9.17) is 16.3 Å². The SMILES string of the molecule is CN(Cc1ccccc1Cl)C(=O)C1(C#N)CCOCC1. The van der Waals surface area contributed by atoms with Crippen LogP contribution in [0.3, 0.4) is 0 Å². The van der Waals surface area contributed by atoms with E-state index in [9.17, 15) is 10.1 Å². The van der Waals surface area contributed by atoms with Gasteiger partial charge in [0.05, 0.1) is 6.07 Å². The predicted octanol–water partition coefficient (Wildman–Crippen LogP) is 2.62. The Balaban J connectivity index is 2.12. The maximum absolute atomic E-state index is 12.6. The van der Waals surface area contributed by atoms with Crippen molar-refractivity contribution in [3.63, 3.8) is 0 Å². The van der Waals surface area contributed by atoms with E-state index < -0.39 is 5.41 Å². The van der Waals surface area contributed by atoms with E-state index in [1.807, 2.05) is 18.2 Å². The van der Waals surface area contributed by atoms with Gasteiger partial charge in [-0.05, 0) is 24.5 Å². The predicted molar refractivity (Wildman–Crippen MR) is 76.0 cm³/mol. The number of nitrogens with zero attached hydrogens (tertiary/aromatic N) is 2. The van der Waals surface area contributed by atoms with E-state index in [1.165, 1.54) is 0 Å². The normalized spacial score (nSPS) is 17.2. The number of carbonyl (C=O) groups excluding carboxylic acids is 1. The summed E-state index contributed by atoms with van der Waals surface area (Å²) in [5, 5.41) is 10.0. The van der Waals surface area contributed by atoms with Gasteiger partial charge in [0.15, 0.2) is 0 Å². The molecule has 0 N–H and O–H groups in total. The zero-order valence-corrected chi connectivity index (χ0v) is 12.2. The Labute approximate surface area is 123 Å². The van der Waals surface area contributed by atoms with Crippen molar-refractivity contribution < 1.29 is 9.53 Å². The van der Waals surface area contributed by atoms with Crippen LogP contribution in [0.1, 0.15) is 18.4 Å². The molecule has 1 saturated heterocycles. The Morgan fingerprint density at radius 3 is 2.70 bits per heavy atom. The van der Waals surface area contributed by atoms with Gasteiger partial charge in [0.2, 0.25) is 5.91 Å². The summed E-state index contributed by atoms with van der Waals surface area (Å²) in [6.07, 6.45) is 0.907. The van der Waals surface area contributed by atoms with Crippen molar-refractivity contribution in [2.45, 2.75) is 19.4 Å². The number of nitriles is 1. The highest BCUT2D eigenvalue weighted by atomic mass is 35.5. The van der Waals surface area contributed by atoms with Crippen LogP contribution in [0.4, 0.5) is 0 Å². The van der Waals surface area contributed by atoms with Crippen molar-refractivity contribution >= 4 is 17.5 Å². The molecule has 0 bridgehead atoms. The van der Waals surface area contributed by atoms with Crippen LogP contribution in [-0.4, -0.2) is 31.1 Å². The number of ether oxygens (including phenoxy) is 1. The van der Waals surface area contributed by atoms with Gasteiger partial charge in [-0.1, -0.05) is 29.8 Å². The van der Waals surface area contributed by atoms with Gasteiger partial charge < -0.3 is 9.64 Å². The molecule has 0 aliphatic carbocycles. The molecule has 5 heteroatoms. The average molecular weight is 293 g/mol. The minimum absolute atomic E-state index is 0.150. The van der Waals surface area contributed by atoms with Crippen molar-refractivity contribution in [3.05, 3.63) is 34.9 Å². The third kappa shape index (κ3) is 2.95. The Morgan fingerprint density at radius 1 is 1.45 bits per heavy atom. The number of rotatable bonds is 3. The molecular weight excluding hydrogens is 276 g/mol. The first-order valence-corrected chi connectivity index (χ1v) is 6.95. The van der Waals surface area contributed by atoms with Crippen LogP contribution >= 0.6 is 11.6 Å². The Bertz CT molecular complexity index is 533. The summed E-state index contributed by atoms with van der Waals surface area (Å²) < 4.78 is 5.25. The van der Waals surface area contributed by atoms with Gasteiger partial charge in [-0.25, -0.2) is 0 Å². The lowest BCUT2D eigenvalue weighted by Gasteiger charge is -2.33. The quantitative estimate of drug-likeness (QED) is 0.860. The van der Waals surface area contributed by atoms with Gasteiger partial charge in [0.1, 0.15) is 5.41 Å². The number of benzene rings is 1. The lowest BCUT2D eigenvalue weighted by atomic mass is 9.80. The number of halogens is 1. The average Bonchev–Trinajstić information content (AvgIpc) is 2.49. The molecule has 1 aliphatic rings. The van der Waals surface area contributed by atoms with E-state index in [2.05, 4.69) is 6.07 Å². The highest BCUT2D eigenvalue weighted by Crippen LogP contribution is 2.32. The largest absolute Gasteiger partial charge is 0.381 e. The first-order chi connectivity index (χ1) is 9.59. The van der Waals surface area contributed by atoms with Crippen molar-refractivity contribution in [3.8, 4) is 6.07 Å². The van der Waals surface area contributed by atoms with E-state index in [0.717, 1.165) is 5.56 Å². The van der Waals surface area contributed by atoms with Crippen LogP contribution in [0.25, 0.3) is 0 Å². The van der Waals surface area contributed by atoms with E-state index in [0.29, 0.717) is 37.6 Å². The molecule has 1 aromatic carbocycles. The first-order valence-electron chi connectivity index (χ1n) is 6.57. The van der Waals surface area contributed by atoms with Crippen molar-refractivity contribution in [1.82, 2.24) is 4.90 Å². The highest BCUT2D eigenvalue weighted by molar-refractivity contribution is 6.31. The van der Waals surface area contributed by atoms with Crippen LogP contribution < -0.4 is 0 Å². The summed E-state index contributed by atoms with van der Waals surface area (Å²) in [6, 6.07) is 9.61. The molecule has 2 rings (SSSR count). The van der Waals surface area contributed by atoms with Gasteiger partial charge >= 0.3 is 0 Å². The molecule has 0 saturated carbocycles. The second kappa shape index (κ2) is 6.25. The molecule has 20 heavy (non-hydrogen) atoms. The first kappa shape index (κ1) is 14.8. The Kier molecular flexibility index (Phi) is 4.64. The second-order valence-corrected chi connectivity index (χ2v) is 5.47. The highest BCUT2D eigenvalue weighted by Gasteiger charge is 2.42. The third-order valence-corrected chi connectivity index (χ3v) is 4.05. The lowest BCUT2D eigenvalue weighted by Crippen LogP contribution is -2.44. The molecule has 4 nitrogen and oxygen atoms in total. The molecule has 1 aromatic rings.